The topological polar surface area (TPSA) is 80.8 Å². The first kappa shape index (κ1) is 19.3. The highest BCUT2D eigenvalue weighted by Crippen LogP contribution is 2.24. The highest BCUT2D eigenvalue weighted by molar-refractivity contribution is 7.18. The van der Waals surface area contributed by atoms with Crippen LogP contribution in [0.3, 0.4) is 0 Å². The number of hydrogen-bond acceptors (Lipinski definition) is 6. The molecule has 1 aliphatic rings. The summed E-state index contributed by atoms with van der Waals surface area (Å²) in [4.78, 5) is 49.9. The fraction of sp³-hybridized carbons (Fsp3) is 0.263. The number of ether oxygens (including phenoxy) is 1. The molecule has 1 aromatic carbocycles. The lowest BCUT2D eigenvalue weighted by molar-refractivity contribution is -0.142. The maximum Gasteiger partial charge on any atom is 0.306 e. The average molecular weight is 406 g/mol. The zero-order valence-corrected chi connectivity index (χ0v) is 16.1. The van der Waals surface area contributed by atoms with Gasteiger partial charge in [0.15, 0.2) is 6.61 Å². The number of benzene rings is 1. The van der Waals surface area contributed by atoms with Gasteiger partial charge in [0, 0.05) is 13.0 Å². The van der Waals surface area contributed by atoms with Gasteiger partial charge in [0.05, 0.1) is 20.3 Å². The first-order valence-electron chi connectivity index (χ1n) is 8.28. The number of carbonyl (C=O) groups excluding carboxylic acids is 4. The first-order chi connectivity index (χ1) is 12.9. The SMILES string of the molecule is Cc1ccc2c(c1)C(=O)N(CCCC(=O)OCC(=O)c1ccc(Cl)s1)C2=O. The molecule has 3 rings (SSSR count). The third-order valence-electron chi connectivity index (χ3n) is 4.10. The van der Waals surface area contributed by atoms with Crippen molar-refractivity contribution >= 4 is 46.5 Å². The Kier molecular flexibility index (Phi) is 5.72. The summed E-state index contributed by atoms with van der Waals surface area (Å²) in [7, 11) is 0. The van der Waals surface area contributed by atoms with Gasteiger partial charge in [0.25, 0.3) is 11.8 Å². The molecule has 8 heteroatoms. The molecule has 0 saturated carbocycles. The minimum absolute atomic E-state index is 0.00487. The molecule has 2 aromatic rings. The summed E-state index contributed by atoms with van der Waals surface area (Å²) in [6, 6.07) is 8.29. The van der Waals surface area contributed by atoms with Crippen LogP contribution in [0.5, 0.6) is 0 Å². The molecular formula is C19H16ClNO5S. The molecule has 1 aliphatic heterocycles. The van der Waals surface area contributed by atoms with Crippen molar-refractivity contribution in [2.75, 3.05) is 13.2 Å². The molecule has 0 bridgehead atoms. The van der Waals surface area contributed by atoms with Crippen LogP contribution in [0, 0.1) is 6.92 Å². The van der Waals surface area contributed by atoms with Gasteiger partial charge in [-0.2, -0.15) is 0 Å². The molecule has 2 amide bonds. The largest absolute Gasteiger partial charge is 0.457 e. The Bertz CT molecular complexity index is 936. The maximum absolute atomic E-state index is 12.3. The number of ketones is 1. The van der Waals surface area contributed by atoms with Crippen LogP contribution < -0.4 is 0 Å². The maximum atomic E-state index is 12.3. The molecule has 6 nitrogen and oxygen atoms in total. The molecule has 0 radical (unpaired) electrons. The number of thiophene rings is 1. The number of aryl methyl sites for hydroxylation is 1. The fourth-order valence-corrected chi connectivity index (χ4v) is 3.71. The predicted molar refractivity (Wildman–Crippen MR) is 100 cm³/mol. The average Bonchev–Trinajstić information content (AvgIpc) is 3.17. The van der Waals surface area contributed by atoms with Crippen molar-refractivity contribution in [1.29, 1.82) is 0 Å². The van der Waals surface area contributed by atoms with E-state index in [4.69, 9.17) is 16.3 Å². The Labute approximate surface area is 164 Å². The smallest absolute Gasteiger partial charge is 0.306 e. The van der Waals surface area contributed by atoms with Crippen LogP contribution in [0.1, 0.15) is 48.8 Å². The number of esters is 1. The van der Waals surface area contributed by atoms with Gasteiger partial charge >= 0.3 is 5.97 Å². The summed E-state index contributed by atoms with van der Waals surface area (Å²) in [6.45, 7) is 1.61. The number of rotatable bonds is 7. The normalized spacial score (nSPS) is 13.0. The van der Waals surface area contributed by atoms with Crippen molar-refractivity contribution in [3.05, 3.63) is 56.2 Å². The second-order valence-electron chi connectivity index (χ2n) is 6.10. The van der Waals surface area contributed by atoms with E-state index in [1.165, 1.54) is 0 Å². The third kappa shape index (κ3) is 4.26. The predicted octanol–water partition coefficient (Wildman–Crippen LogP) is 3.51. The van der Waals surface area contributed by atoms with Gasteiger partial charge in [-0.25, -0.2) is 0 Å². The number of amides is 2. The van der Waals surface area contributed by atoms with Gasteiger partial charge in [0.1, 0.15) is 0 Å². The van der Waals surface area contributed by atoms with E-state index in [0.717, 1.165) is 21.8 Å². The molecule has 0 unspecified atom stereocenters. The van der Waals surface area contributed by atoms with Crippen LogP contribution in [-0.2, 0) is 9.53 Å². The van der Waals surface area contributed by atoms with E-state index in [9.17, 15) is 19.2 Å². The van der Waals surface area contributed by atoms with Gasteiger partial charge < -0.3 is 4.74 Å². The Hall–Kier alpha value is -2.51. The van der Waals surface area contributed by atoms with Crippen LogP contribution in [0.15, 0.2) is 30.3 Å². The highest BCUT2D eigenvalue weighted by atomic mass is 35.5. The third-order valence-corrected chi connectivity index (χ3v) is 5.37. The molecule has 2 heterocycles. The van der Waals surface area contributed by atoms with Crippen LogP contribution in [0.4, 0.5) is 0 Å². The molecule has 27 heavy (non-hydrogen) atoms. The van der Waals surface area contributed by atoms with Gasteiger partial charge in [-0.05, 0) is 37.6 Å². The fourth-order valence-electron chi connectivity index (χ4n) is 2.74. The molecule has 1 aromatic heterocycles. The number of Topliss-reactive ketones (excluding diaryl/α,β-unsaturated/α-hetero) is 1. The summed E-state index contributed by atoms with van der Waals surface area (Å²) in [5, 5.41) is 0. The van der Waals surface area contributed by atoms with Crippen molar-refractivity contribution in [2.24, 2.45) is 0 Å². The molecule has 0 aliphatic carbocycles. The van der Waals surface area contributed by atoms with Gasteiger partial charge in [-0.1, -0.05) is 23.2 Å². The summed E-state index contributed by atoms with van der Waals surface area (Å²) in [6.07, 6.45) is 0.271. The summed E-state index contributed by atoms with van der Waals surface area (Å²) < 4.78 is 5.44. The monoisotopic (exact) mass is 405 g/mol. The number of halogens is 1. The van der Waals surface area contributed by atoms with Crippen molar-refractivity contribution in [2.45, 2.75) is 19.8 Å². The molecule has 0 atom stereocenters. The minimum atomic E-state index is -0.557. The van der Waals surface area contributed by atoms with Gasteiger partial charge in [-0.15, -0.1) is 11.3 Å². The molecule has 140 valence electrons. The quantitative estimate of drug-likeness (QED) is 0.400. The number of imide groups is 1. The van der Waals surface area contributed by atoms with Crippen molar-refractivity contribution in [3.8, 4) is 0 Å². The zero-order chi connectivity index (χ0) is 19.6. The molecular weight excluding hydrogens is 390 g/mol. The van der Waals surface area contributed by atoms with E-state index in [2.05, 4.69) is 0 Å². The number of fused-ring (bicyclic) bond motifs is 1. The van der Waals surface area contributed by atoms with E-state index < -0.39 is 5.97 Å². The Balaban J connectivity index is 1.46. The lowest BCUT2D eigenvalue weighted by Crippen LogP contribution is -2.31. The van der Waals surface area contributed by atoms with Crippen LogP contribution in [0.2, 0.25) is 4.34 Å². The Morgan fingerprint density at radius 2 is 1.85 bits per heavy atom. The van der Waals surface area contributed by atoms with Crippen molar-refractivity contribution < 1.29 is 23.9 Å². The Morgan fingerprint density at radius 1 is 1.11 bits per heavy atom. The minimum Gasteiger partial charge on any atom is -0.457 e. The van der Waals surface area contributed by atoms with E-state index in [1.807, 2.05) is 6.92 Å². The van der Waals surface area contributed by atoms with Gasteiger partial charge in [0.2, 0.25) is 5.78 Å². The lowest BCUT2D eigenvalue weighted by atomic mass is 10.1. The lowest BCUT2D eigenvalue weighted by Gasteiger charge is -2.13. The standard InChI is InChI=1S/C19H16ClNO5S/c1-11-4-5-12-13(9-11)19(25)21(18(12)24)8-2-3-17(23)26-10-14(22)15-6-7-16(20)27-15/h4-7,9H,2-3,8,10H2,1H3. The van der Waals surface area contributed by atoms with Crippen LogP contribution in [0.25, 0.3) is 0 Å². The van der Waals surface area contributed by atoms with Crippen LogP contribution >= 0.6 is 22.9 Å². The van der Waals surface area contributed by atoms with Gasteiger partial charge in [-0.3, -0.25) is 24.1 Å². The van der Waals surface area contributed by atoms with Crippen molar-refractivity contribution in [3.63, 3.8) is 0 Å². The van der Waals surface area contributed by atoms with Crippen molar-refractivity contribution in [1.82, 2.24) is 4.90 Å². The summed E-state index contributed by atoms with van der Waals surface area (Å²) >= 11 is 6.88. The second-order valence-corrected chi connectivity index (χ2v) is 7.82. The van der Waals surface area contributed by atoms with E-state index >= 15 is 0 Å². The first-order valence-corrected chi connectivity index (χ1v) is 9.47. The van der Waals surface area contributed by atoms with E-state index in [0.29, 0.717) is 20.3 Å². The molecule has 0 spiro atoms. The van der Waals surface area contributed by atoms with E-state index in [1.54, 1.807) is 30.3 Å². The summed E-state index contributed by atoms with van der Waals surface area (Å²) in [5.74, 6) is -1.58. The number of carbonyl (C=O) groups is 4. The number of nitrogens with zero attached hydrogens (tertiary/aromatic N) is 1. The second kappa shape index (κ2) is 8.02. The zero-order valence-electron chi connectivity index (χ0n) is 14.5. The number of hydrogen-bond donors (Lipinski definition) is 0. The summed E-state index contributed by atoms with van der Waals surface area (Å²) in [5.41, 5.74) is 1.67. The molecule has 0 N–H and O–H groups in total. The highest BCUT2D eigenvalue weighted by Gasteiger charge is 2.35. The van der Waals surface area contributed by atoms with E-state index in [-0.39, 0.29) is 43.6 Å². The Morgan fingerprint density at radius 3 is 2.56 bits per heavy atom. The molecule has 0 saturated heterocycles. The van der Waals surface area contributed by atoms with Crippen LogP contribution in [-0.4, -0.2) is 41.6 Å². The molecule has 0 fully saturated rings.